The quantitative estimate of drug-likeness (QED) is 0.648. The van der Waals surface area contributed by atoms with Crippen molar-refractivity contribution in [2.45, 2.75) is 83.5 Å². The van der Waals surface area contributed by atoms with Gasteiger partial charge in [-0.05, 0) is 68.4 Å². The lowest BCUT2D eigenvalue weighted by atomic mass is 9.55. The Morgan fingerprint density at radius 2 is 1.86 bits per heavy atom. The van der Waals surface area contributed by atoms with Crippen LogP contribution in [-0.4, -0.2) is 36.4 Å². The maximum absolute atomic E-state index is 12.8. The average Bonchev–Trinajstić information content (AvgIpc) is 3.24. The van der Waals surface area contributed by atoms with E-state index in [1.165, 1.54) is 23.6 Å². The SMILES string of the molecule is CC(=O)O[C@]1(C(C)=O)CCC2C3CCC4=C(CCC5(C4)OCCO5)C3=CCC21C. The van der Waals surface area contributed by atoms with Crippen molar-refractivity contribution in [3.63, 3.8) is 0 Å². The Morgan fingerprint density at radius 3 is 2.55 bits per heavy atom. The Hall–Kier alpha value is -1.46. The van der Waals surface area contributed by atoms with Crippen LogP contribution in [0.1, 0.15) is 72.1 Å². The van der Waals surface area contributed by atoms with E-state index in [0.717, 1.165) is 44.9 Å². The molecule has 1 saturated heterocycles. The predicted octanol–water partition coefficient (Wildman–Crippen LogP) is 4.26. The molecular formula is C24H32O5. The van der Waals surface area contributed by atoms with Crippen LogP contribution in [0.2, 0.25) is 0 Å². The van der Waals surface area contributed by atoms with E-state index in [4.69, 9.17) is 14.2 Å². The molecule has 4 atom stereocenters. The van der Waals surface area contributed by atoms with Crippen LogP contribution in [-0.2, 0) is 23.8 Å². The van der Waals surface area contributed by atoms with Gasteiger partial charge in [0, 0.05) is 25.2 Å². The standard InChI is InChI=1S/C24H32O5/c1-15(25)24(29-16(2)26)11-8-21-20-5-4-17-14-23(27-12-13-28-23)10-7-18(17)19(20)6-9-22(21,24)3/h6,20-21H,4-5,7-14H2,1-3H3/t20?,21?,22?,24-/m0/s1. The number of carbonyl (C=O) groups excluding carboxylic acids is 2. The normalized spacial score (nSPS) is 40.2. The number of carbonyl (C=O) groups is 2. The summed E-state index contributed by atoms with van der Waals surface area (Å²) >= 11 is 0. The van der Waals surface area contributed by atoms with Crippen LogP contribution >= 0.6 is 0 Å². The lowest BCUT2D eigenvalue weighted by Crippen LogP contribution is -2.55. The van der Waals surface area contributed by atoms with Gasteiger partial charge in [0.15, 0.2) is 17.2 Å². The van der Waals surface area contributed by atoms with Gasteiger partial charge in [0.2, 0.25) is 0 Å². The molecule has 29 heavy (non-hydrogen) atoms. The fourth-order valence-electron chi connectivity index (χ4n) is 7.35. The van der Waals surface area contributed by atoms with Gasteiger partial charge in [0.1, 0.15) is 0 Å². The summed E-state index contributed by atoms with van der Waals surface area (Å²) in [5.74, 6) is 0.125. The van der Waals surface area contributed by atoms with E-state index < -0.39 is 5.60 Å². The molecule has 0 bridgehead atoms. The minimum absolute atomic E-state index is 0.000373. The lowest BCUT2D eigenvalue weighted by Gasteiger charge is -2.51. The average molecular weight is 401 g/mol. The van der Waals surface area contributed by atoms with Crippen LogP contribution in [0.4, 0.5) is 0 Å². The Morgan fingerprint density at radius 1 is 1.10 bits per heavy atom. The summed E-state index contributed by atoms with van der Waals surface area (Å²) in [5, 5.41) is 0. The Kier molecular flexibility index (Phi) is 4.38. The second-order valence-corrected chi connectivity index (χ2v) is 9.91. The van der Waals surface area contributed by atoms with Gasteiger partial charge in [-0.2, -0.15) is 0 Å². The van der Waals surface area contributed by atoms with Crippen LogP contribution < -0.4 is 0 Å². The van der Waals surface area contributed by atoms with E-state index in [0.29, 0.717) is 31.5 Å². The van der Waals surface area contributed by atoms with Crippen LogP contribution in [0.15, 0.2) is 22.8 Å². The highest BCUT2D eigenvalue weighted by Crippen LogP contribution is 2.64. The Balaban J connectivity index is 1.49. The minimum atomic E-state index is -0.970. The monoisotopic (exact) mass is 400 g/mol. The highest BCUT2D eigenvalue weighted by molar-refractivity contribution is 5.89. The first kappa shape index (κ1) is 19.5. The van der Waals surface area contributed by atoms with Crippen molar-refractivity contribution in [3.05, 3.63) is 22.8 Å². The second kappa shape index (κ2) is 6.52. The van der Waals surface area contributed by atoms with E-state index >= 15 is 0 Å². The molecular weight excluding hydrogens is 368 g/mol. The molecule has 5 rings (SSSR count). The van der Waals surface area contributed by atoms with Crippen LogP contribution in [0, 0.1) is 17.3 Å². The number of allylic oxidation sites excluding steroid dienone is 3. The molecule has 2 fully saturated rings. The highest BCUT2D eigenvalue weighted by atomic mass is 16.7. The van der Waals surface area contributed by atoms with Gasteiger partial charge >= 0.3 is 5.97 Å². The molecule has 5 nitrogen and oxygen atoms in total. The summed E-state index contributed by atoms with van der Waals surface area (Å²) in [7, 11) is 0. The summed E-state index contributed by atoms with van der Waals surface area (Å²) in [6.07, 6.45) is 9.81. The zero-order valence-corrected chi connectivity index (χ0v) is 17.8. The van der Waals surface area contributed by atoms with Crippen molar-refractivity contribution >= 4 is 11.8 Å². The molecule has 5 aliphatic rings. The van der Waals surface area contributed by atoms with Gasteiger partial charge < -0.3 is 14.2 Å². The van der Waals surface area contributed by atoms with Gasteiger partial charge in [-0.1, -0.05) is 18.6 Å². The molecule has 4 aliphatic carbocycles. The molecule has 0 aromatic rings. The fraction of sp³-hybridized carbons (Fsp3) is 0.750. The highest BCUT2D eigenvalue weighted by Gasteiger charge is 2.65. The van der Waals surface area contributed by atoms with Gasteiger partial charge in [0.05, 0.1) is 13.2 Å². The van der Waals surface area contributed by atoms with Gasteiger partial charge in [-0.3, -0.25) is 9.59 Å². The van der Waals surface area contributed by atoms with Crippen LogP contribution in [0.3, 0.4) is 0 Å². The van der Waals surface area contributed by atoms with Crippen molar-refractivity contribution in [3.8, 4) is 0 Å². The molecule has 5 heteroatoms. The molecule has 1 heterocycles. The lowest BCUT2D eigenvalue weighted by molar-refractivity contribution is -0.180. The fourth-order valence-corrected chi connectivity index (χ4v) is 7.35. The molecule has 158 valence electrons. The number of ketones is 1. The van der Waals surface area contributed by atoms with E-state index in [1.807, 2.05) is 0 Å². The molecule has 0 aromatic heterocycles. The maximum atomic E-state index is 12.8. The summed E-state index contributed by atoms with van der Waals surface area (Å²) in [6, 6.07) is 0. The van der Waals surface area contributed by atoms with Crippen LogP contribution in [0.25, 0.3) is 0 Å². The van der Waals surface area contributed by atoms with Crippen LogP contribution in [0.5, 0.6) is 0 Å². The summed E-state index contributed by atoms with van der Waals surface area (Å²) < 4.78 is 17.8. The zero-order valence-electron chi connectivity index (χ0n) is 17.8. The van der Waals surface area contributed by atoms with Crippen molar-refractivity contribution < 1.29 is 23.8 Å². The number of ether oxygens (including phenoxy) is 3. The maximum Gasteiger partial charge on any atom is 0.303 e. The molecule has 1 aliphatic heterocycles. The van der Waals surface area contributed by atoms with Crippen molar-refractivity contribution in [1.82, 2.24) is 0 Å². The first-order valence-electron chi connectivity index (χ1n) is 11.2. The molecule has 0 amide bonds. The van der Waals surface area contributed by atoms with E-state index in [-0.39, 0.29) is 23.0 Å². The smallest absolute Gasteiger partial charge is 0.303 e. The van der Waals surface area contributed by atoms with Gasteiger partial charge in [-0.25, -0.2) is 0 Å². The third-order valence-corrected chi connectivity index (χ3v) is 8.65. The summed E-state index contributed by atoms with van der Waals surface area (Å²) in [5.41, 5.74) is 3.26. The predicted molar refractivity (Wildman–Crippen MR) is 107 cm³/mol. The van der Waals surface area contributed by atoms with E-state index in [1.54, 1.807) is 6.92 Å². The molecule has 0 radical (unpaired) electrons. The Labute approximate surface area is 172 Å². The molecule has 0 N–H and O–H groups in total. The third-order valence-electron chi connectivity index (χ3n) is 8.65. The first-order chi connectivity index (χ1) is 13.8. The number of esters is 1. The number of hydrogen-bond acceptors (Lipinski definition) is 5. The van der Waals surface area contributed by atoms with Crippen molar-refractivity contribution in [2.75, 3.05) is 13.2 Å². The van der Waals surface area contributed by atoms with E-state index in [2.05, 4.69) is 13.0 Å². The topological polar surface area (TPSA) is 61.8 Å². The molecule has 0 aromatic carbocycles. The minimum Gasteiger partial charge on any atom is -0.451 e. The van der Waals surface area contributed by atoms with E-state index in [9.17, 15) is 9.59 Å². The molecule has 3 unspecified atom stereocenters. The first-order valence-corrected chi connectivity index (χ1v) is 11.2. The number of hydrogen-bond donors (Lipinski definition) is 0. The number of rotatable bonds is 2. The summed E-state index contributed by atoms with van der Waals surface area (Å²) in [6.45, 7) is 6.62. The second-order valence-electron chi connectivity index (χ2n) is 9.91. The largest absolute Gasteiger partial charge is 0.451 e. The zero-order chi connectivity index (χ0) is 20.4. The third kappa shape index (κ3) is 2.66. The Bertz CT molecular complexity index is 817. The number of fused-ring (bicyclic) bond motifs is 4. The van der Waals surface area contributed by atoms with Crippen molar-refractivity contribution in [2.24, 2.45) is 17.3 Å². The van der Waals surface area contributed by atoms with Gasteiger partial charge in [-0.15, -0.1) is 0 Å². The van der Waals surface area contributed by atoms with Crippen molar-refractivity contribution in [1.29, 1.82) is 0 Å². The molecule has 1 spiro atoms. The summed E-state index contributed by atoms with van der Waals surface area (Å²) in [4.78, 5) is 24.7. The number of Topliss-reactive ketones (excluding diaryl/α,β-unsaturated/α-hetero) is 1. The van der Waals surface area contributed by atoms with Gasteiger partial charge in [0.25, 0.3) is 0 Å². The molecule has 1 saturated carbocycles.